The minimum absolute atomic E-state index is 0.0152. The predicted octanol–water partition coefficient (Wildman–Crippen LogP) is 2.67. The number of aromatic nitrogens is 1. The molecule has 0 unspecified atom stereocenters. The van der Waals surface area contributed by atoms with Crippen LogP contribution in [0.5, 0.6) is 0 Å². The summed E-state index contributed by atoms with van der Waals surface area (Å²) in [6, 6.07) is 2.77. The van der Waals surface area contributed by atoms with Crippen molar-refractivity contribution in [3.63, 3.8) is 0 Å². The van der Waals surface area contributed by atoms with Crippen molar-refractivity contribution in [2.45, 2.75) is 25.5 Å². The highest BCUT2D eigenvalue weighted by atomic mass is 19.3. The van der Waals surface area contributed by atoms with Crippen LogP contribution < -0.4 is 0 Å². The molecular weight excluding hydrogens is 209 g/mol. The van der Waals surface area contributed by atoms with Crippen LogP contribution in [0, 0.1) is 24.1 Å². The van der Waals surface area contributed by atoms with Crippen LogP contribution in [0.15, 0.2) is 18.3 Å². The SMILES string of the molecule is Cc1cc(C(F)(F)C2CB(C#N)C2)ccn1. The van der Waals surface area contributed by atoms with Crippen LogP contribution in [0.2, 0.25) is 12.6 Å². The number of halogens is 2. The molecule has 5 heteroatoms. The summed E-state index contributed by atoms with van der Waals surface area (Å²) in [7, 11) is 0. The molecular formula is C11H11BF2N2. The van der Waals surface area contributed by atoms with Gasteiger partial charge in [0.25, 0.3) is 12.6 Å². The van der Waals surface area contributed by atoms with Gasteiger partial charge in [-0.15, -0.1) is 0 Å². The van der Waals surface area contributed by atoms with Gasteiger partial charge >= 0.3 is 0 Å². The van der Waals surface area contributed by atoms with E-state index in [2.05, 4.69) is 4.98 Å². The first-order valence-electron chi connectivity index (χ1n) is 5.24. The quantitative estimate of drug-likeness (QED) is 0.718. The fraction of sp³-hybridized carbons (Fsp3) is 0.455. The molecule has 0 saturated carbocycles. The minimum atomic E-state index is -2.83. The molecule has 2 nitrogen and oxygen atoms in total. The van der Waals surface area contributed by atoms with Crippen molar-refractivity contribution in [2.75, 3.05) is 0 Å². The Morgan fingerprint density at radius 2 is 2.25 bits per heavy atom. The summed E-state index contributed by atoms with van der Waals surface area (Å²) in [5, 5.41) is 8.58. The summed E-state index contributed by atoms with van der Waals surface area (Å²) in [5.41, 5.74) is 0.606. The molecule has 1 aromatic heterocycles. The van der Waals surface area contributed by atoms with E-state index in [1.54, 1.807) is 6.92 Å². The number of nitrogens with zero attached hydrogens (tertiary/aromatic N) is 2. The summed E-state index contributed by atoms with van der Waals surface area (Å²) in [6.07, 6.45) is 1.99. The van der Waals surface area contributed by atoms with Gasteiger partial charge in [-0.05, 0) is 19.1 Å². The largest absolute Gasteiger partial charge is 0.274 e. The van der Waals surface area contributed by atoms with Crippen LogP contribution in [0.1, 0.15) is 11.3 Å². The highest BCUT2D eigenvalue weighted by Gasteiger charge is 2.50. The molecule has 0 aromatic carbocycles. The molecule has 82 valence electrons. The van der Waals surface area contributed by atoms with Gasteiger partial charge in [0.2, 0.25) is 0 Å². The van der Waals surface area contributed by atoms with Crippen LogP contribution in [0.25, 0.3) is 0 Å². The number of pyridine rings is 1. The Bertz CT molecular complexity index is 436. The standard InChI is InChI=1S/C11H11BF2N2/c1-8-4-9(2-3-16-8)11(13,14)10-5-12(6-10)7-15/h2-4,10H,5-6H2,1H3. The van der Waals surface area contributed by atoms with E-state index in [1.165, 1.54) is 18.3 Å². The Morgan fingerprint density at radius 3 is 2.81 bits per heavy atom. The first-order chi connectivity index (χ1) is 7.54. The molecule has 1 aliphatic heterocycles. The first kappa shape index (κ1) is 11.1. The van der Waals surface area contributed by atoms with Gasteiger partial charge < -0.3 is 0 Å². The maximum Gasteiger partial charge on any atom is 0.274 e. The summed E-state index contributed by atoms with van der Waals surface area (Å²) in [5.74, 6) is -1.51. The zero-order valence-corrected chi connectivity index (χ0v) is 8.95. The smallest absolute Gasteiger partial charge is 0.262 e. The Kier molecular flexibility index (Phi) is 2.67. The van der Waals surface area contributed by atoms with Crippen molar-refractivity contribution in [3.05, 3.63) is 29.6 Å². The van der Waals surface area contributed by atoms with Gasteiger partial charge in [0.1, 0.15) is 0 Å². The zero-order chi connectivity index (χ0) is 11.8. The van der Waals surface area contributed by atoms with Crippen molar-refractivity contribution < 1.29 is 8.78 Å². The van der Waals surface area contributed by atoms with Crippen LogP contribution in [-0.4, -0.2) is 11.7 Å². The highest BCUT2D eigenvalue weighted by Crippen LogP contribution is 2.47. The third-order valence-electron chi connectivity index (χ3n) is 3.11. The van der Waals surface area contributed by atoms with E-state index in [1.807, 2.05) is 5.97 Å². The van der Waals surface area contributed by atoms with Gasteiger partial charge in [0.15, 0.2) is 0 Å². The highest BCUT2D eigenvalue weighted by molar-refractivity contribution is 6.69. The lowest BCUT2D eigenvalue weighted by atomic mass is 9.31. The van der Waals surface area contributed by atoms with Gasteiger partial charge in [-0.25, -0.2) is 14.0 Å². The summed E-state index contributed by atoms with van der Waals surface area (Å²) in [4.78, 5) is 3.90. The number of rotatable bonds is 2. The number of aryl methyl sites for hydroxylation is 1. The van der Waals surface area contributed by atoms with Crippen LogP contribution in [0.3, 0.4) is 0 Å². The van der Waals surface area contributed by atoms with Gasteiger partial charge in [0.05, 0.1) is 0 Å². The maximum absolute atomic E-state index is 14.0. The molecule has 0 aliphatic carbocycles. The van der Waals surface area contributed by atoms with Crippen LogP contribution in [-0.2, 0) is 5.92 Å². The third kappa shape index (κ3) is 1.80. The molecule has 0 amide bonds. The average molecular weight is 220 g/mol. The summed E-state index contributed by atoms with van der Waals surface area (Å²) in [6.45, 7) is 1.50. The average Bonchev–Trinajstić information content (AvgIpc) is 2.15. The maximum atomic E-state index is 14.0. The third-order valence-corrected chi connectivity index (χ3v) is 3.11. The fourth-order valence-electron chi connectivity index (χ4n) is 2.01. The zero-order valence-electron chi connectivity index (χ0n) is 8.95. The van der Waals surface area contributed by atoms with E-state index in [4.69, 9.17) is 5.26 Å². The lowest BCUT2D eigenvalue weighted by Crippen LogP contribution is -2.40. The molecule has 1 saturated heterocycles. The molecule has 2 heterocycles. The number of hydrogen-bond acceptors (Lipinski definition) is 2. The minimum Gasteiger partial charge on any atom is -0.262 e. The predicted molar refractivity (Wildman–Crippen MR) is 57.3 cm³/mol. The van der Waals surface area contributed by atoms with E-state index >= 15 is 0 Å². The first-order valence-corrected chi connectivity index (χ1v) is 5.24. The normalized spacial score (nSPS) is 16.8. The Balaban J connectivity index is 2.17. The number of nitriles is 1. The summed E-state index contributed by atoms with van der Waals surface area (Å²) < 4.78 is 27.9. The van der Waals surface area contributed by atoms with E-state index in [0.29, 0.717) is 18.3 Å². The molecule has 2 rings (SSSR count). The second kappa shape index (κ2) is 3.86. The monoisotopic (exact) mass is 220 g/mol. The lowest BCUT2D eigenvalue weighted by molar-refractivity contribution is -0.0579. The molecule has 1 aromatic rings. The number of hydrogen-bond donors (Lipinski definition) is 0. The van der Waals surface area contributed by atoms with Crippen molar-refractivity contribution in [3.8, 4) is 5.97 Å². The second-order valence-corrected chi connectivity index (χ2v) is 4.30. The van der Waals surface area contributed by atoms with Crippen molar-refractivity contribution >= 4 is 6.71 Å². The van der Waals surface area contributed by atoms with E-state index < -0.39 is 11.8 Å². The van der Waals surface area contributed by atoms with Gasteiger partial charge in [-0.1, -0.05) is 12.6 Å². The summed E-state index contributed by atoms with van der Waals surface area (Å²) >= 11 is 0. The van der Waals surface area contributed by atoms with Crippen LogP contribution in [0.4, 0.5) is 8.78 Å². The lowest BCUT2D eigenvalue weighted by Gasteiger charge is -2.35. The van der Waals surface area contributed by atoms with E-state index in [0.717, 1.165) is 0 Å². The Morgan fingerprint density at radius 1 is 1.56 bits per heavy atom. The van der Waals surface area contributed by atoms with Crippen molar-refractivity contribution in [1.82, 2.24) is 4.98 Å². The number of alkyl halides is 2. The molecule has 0 N–H and O–H groups in total. The topological polar surface area (TPSA) is 36.7 Å². The van der Waals surface area contributed by atoms with Crippen LogP contribution >= 0.6 is 0 Å². The molecule has 0 radical (unpaired) electrons. The van der Waals surface area contributed by atoms with E-state index in [-0.39, 0.29) is 12.3 Å². The molecule has 0 atom stereocenters. The molecule has 1 fully saturated rings. The van der Waals surface area contributed by atoms with E-state index in [9.17, 15) is 8.78 Å². The van der Waals surface area contributed by atoms with Gasteiger partial charge in [0, 0.05) is 29.3 Å². The fourth-order valence-corrected chi connectivity index (χ4v) is 2.01. The van der Waals surface area contributed by atoms with Gasteiger partial charge in [-0.2, -0.15) is 0 Å². The Labute approximate surface area is 93.4 Å². The molecule has 0 bridgehead atoms. The molecule has 0 spiro atoms. The van der Waals surface area contributed by atoms with Gasteiger partial charge in [-0.3, -0.25) is 4.98 Å². The molecule has 16 heavy (non-hydrogen) atoms. The molecule has 1 aliphatic rings. The Hall–Kier alpha value is -1.44. The van der Waals surface area contributed by atoms with Crippen molar-refractivity contribution in [2.24, 2.45) is 5.92 Å². The second-order valence-electron chi connectivity index (χ2n) is 4.30. The van der Waals surface area contributed by atoms with Crippen molar-refractivity contribution in [1.29, 1.82) is 5.26 Å².